The van der Waals surface area contributed by atoms with Crippen molar-refractivity contribution in [2.75, 3.05) is 0 Å². The van der Waals surface area contributed by atoms with Crippen LogP contribution in [0, 0.1) is 6.92 Å². The molecule has 6 nitrogen and oxygen atoms in total. The molecule has 158 valence electrons. The second-order valence-electron chi connectivity index (χ2n) is 7.01. The van der Waals surface area contributed by atoms with Crippen molar-refractivity contribution >= 4 is 30.9 Å². The van der Waals surface area contributed by atoms with Gasteiger partial charge in [-0.1, -0.05) is 58.3 Å². The molecule has 3 aromatic carbocycles. The van der Waals surface area contributed by atoms with E-state index in [0.29, 0.717) is 14.8 Å². The molecule has 0 saturated heterocycles. The van der Waals surface area contributed by atoms with Crippen molar-refractivity contribution in [3.05, 3.63) is 102 Å². The van der Waals surface area contributed by atoms with E-state index in [1.807, 2.05) is 19.1 Å². The van der Waals surface area contributed by atoms with Crippen molar-refractivity contribution in [2.45, 2.75) is 23.3 Å². The number of benzene rings is 3. The van der Waals surface area contributed by atoms with Crippen LogP contribution >= 0.6 is 0 Å². The zero-order chi connectivity index (χ0) is 22.1. The summed E-state index contributed by atoms with van der Waals surface area (Å²) in [6.45, 7) is 1.55. The lowest BCUT2D eigenvalue weighted by Crippen LogP contribution is -2.36. The quantitative estimate of drug-likeness (QED) is 0.439. The van der Waals surface area contributed by atoms with Gasteiger partial charge in [0.2, 0.25) is 0 Å². The molecule has 0 atom stereocenters. The first-order chi connectivity index (χ1) is 14.8. The second-order valence-corrected chi connectivity index (χ2v) is 11.0. The molecule has 0 unspecified atom stereocenters. The fourth-order valence-corrected chi connectivity index (χ4v) is 7.00. The first-order valence-corrected chi connectivity index (χ1v) is 12.4. The minimum atomic E-state index is -4.37. The summed E-state index contributed by atoms with van der Waals surface area (Å²) >= 11 is 0. The summed E-state index contributed by atoms with van der Waals surface area (Å²) in [6, 6.07) is 22.3. The molecule has 0 radical (unpaired) electrons. The van der Waals surface area contributed by atoms with Gasteiger partial charge in [0.25, 0.3) is 20.0 Å². The SMILES string of the molecule is Cc1ccc(CN(S(=O)(=O)c2ccccc2)S(=O)(=O)c2ccccc2)c2ncccc12. The largest absolute Gasteiger partial charge is 0.256 e. The third kappa shape index (κ3) is 3.97. The van der Waals surface area contributed by atoms with Gasteiger partial charge in [0.1, 0.15) is 0 Å². The average Bonchev–Trinajstić information content (AvgIpc) is 2.80. The van der Waals surface area contributed by atoms with Crippen LogP contribution in [-0.4, -0.2) is 25.5 Å². The maximum atomic E-state index is 13.5. The van der Waals surface area contributed by atoms with E-state index >= 15 is 0 Å². The van der Waals surface area contributed by atoms with E-state index in [0.717, 1.165) is 10.9 Å². The molecule has 0 spiro atoms. The van der Waals surface area contributed by atoms with E-state index in [1.54, 1.807) is 54.7 Å². The summed E-state index contributed by atoms with van der Waals surface area (Å²) in [7, 11) is -8.73. The molecule has 1 aromatic heterocycles. The topological polar surface area (TPSA) is 84.4 Å². The lowest BCUT2D eigenvalue weighted by molar-refractivity contribution is 0.495. The van der Waals surface area contributed by atoms with Crippen LogP contribution in [0.1, 0.15) is 11.1 Å². The number of rotatable bonds is 6. The Kier molecular flexibility index (Phi) is 5.62. The number of hydrogen-bond acceptors (Lipinski definition) is 5. The third-order valence-electron chi connectivity index (χ3n) is 4.99. The van der Waals surface area contributed by atoms with Gasteiger partial charge >= 0.3 is 0 Å². The molecular weight excluding hydrogens is 432 g/mol. The van der Waals surface area contributed by atoms with Gasteiger partial charge in [-0.25, -0.2) is 16.8 Å². The summed E-state index contributed by atoms with van der Waals surface area (Å²) in [4.78, 5) is 4.19. The van der Waals surface area contributed by atoms with Crippen LogP contribution in [0.25, 0.3) is 10.9 Å². The lowest BCUT2D eigenvalue weighted by atomic mass is 10.1. The molecule has 0 N–H and O–H groups in total. The predicted octanol–water partition coefficient (Wildman–Crippen LogP) is 4.12. The van der Waals surface area contributed by atoms with E-state index in [4.69, 9.17) is 0 Å². The Balaban J connectivity index is 1.92. The number of hydrogen-bond donors (Lipinski definition) is 0. The summed E-state index contributed by atoms with van der Waals surface area (Å²) in [5.41, 5.74) is 2.04. The molecule has 1 heterocycles. The summed E-state index contributed by atoms with van der Waals surface area (Å²) in [6.07, 6.45) is 1.60. The van der Waals surface area contributed by atoms with Crippen molar-refractivity contribution in [1.29, 1.82) is 0 Å². The van der Waals surface area contributed by atoms with Gasteiger partial charge < -0.3 is 0 Å². The van der Waals surface area contributed by atoms with Crippen LogP contribution in [0.2, 0.25) is 0 Å². The van der Waals surface area contributed by atoms with Crippen LogP contribution in [0.5, 0.6) is 0 Å². The number of aryl methyl sites for hydroxylation is 1. The molecule has 0 aliphatic heterocycles. The van der Waals surface area contributed by atoms with Crippen LogP contribution in [-0.2, 0) is 26.6 Å². The standard InChI is InChI=1S/C23H20N2O4S2/c1-18-14-15-19(23-22(18)13-8-16-24-23)17-25(30(26,27)20-9-4-2-5-10-20)31(28,29)21-11-6-3-7-12-21/h2-16H,17H2,1H3. The van der Waals surface area contributed by atoms with Gasteiger partial charge in [-0.3, -0.25) is 4.98 Å². The molecule has 31 heavy (non-hydrogen) atoms. The zero-order valence-electron chi connectivity index (χ0n) is 16.7. The Hall–Kier alpha value is -3.07. The third-order valence-corrected chi connectivity index (χ3v) is 9.23. The lowest BCUT2D eigenvalue weighted by Gasteiger charge is -2.23. The number of sulfonamides is 2. The van der Waals surface area contributed by atoms with Gasteiger partial charge in [0, 0.05) is 11.6 Å². The summed E-state index contributed by atoms with van der Waals surface area (Å²) in [5.74, 6) is 0. The van der Waals surface area contributed by atoms with E-state index < -0.39 is 20.0 Å². The number of pyridine rings is 1. The van der Waals surface area contributed by atoms with E-state index in [1.165, 1.54) is 24.3 Å². The molecule has 4 aromatic rings. The highest BCUT2D eigenvalue weighted by Gasteiger charge is 2.37. The molecule has 0 amide bonds. The minimum absolute atomic E-state index is 0.0983. The second kappa shape index (κ2) is 8.22. The Morgan fingerprint density at radius 1 is 0.710 bits per heavy atom. The highest BCUT2D eigenvalue weighted by atomic mass is 32.3. The molecule has 0 aliphatic rings. The molecule has 0 saturated carbocycles. The van der Waals surface area contributed by atoms with Crippen LogP contribution in [0.15, 0.2) is 101 Å². The summed E-state index contributed by atoms with van der Waals surface area (Å²) < 4.78 is 54.5. The van der Waals surface area contributed by atoms with Crippen molar-refractivity contribution in [1.82, 2.24) is 8.69 Å². The molecule has 8 heteroatoms. The minimum Gasteiger partial charge on any atom is -0.256 e. The van der Waals surface area contributed by atoms with E-state index in [2.05, 4.69) is 4.98 Å². The van der Waals surface area contributed by atoms with E-state index in [9.17, 15) is 16.8 Å². The van der Waals surface area contributed by atoms with Gasteiger partial charge in [0.05, 0.1) is 21.9 Å². The first-order valence-electron chi connectivity index (χ1n) is 9.53. The average molecular weight is 453 g/mol. The predicted molar refractivity (Wildman–Crippen MR) is 119 cm³/mol. The molecular formula is C23H20N2O4S2. The fourth-order valence-electron chi connectivity index (χ4n) is 3.36. The fraction of sp³-hybridized carbons (Fsp3) is 0.0870. The smallest absolute Gasteiger partial charge is 0.256 e. The van der Waals surface area contributed by atoms with Gasteiger partial charge in [0.15, 0.2) is 0 Å². The van der Waals surface area contributed by atoms with Crippen LogP contribution in [0.3, 0.4) is 0 Å². The Morgan fingerprint density at radius 3 is 1.81 bits per heavy atom. The number of aromatic nitrogens is 1. The molecule has 0 bridgehead atoms. The van der Waals surface area contributed by atoms with Gasteiger partial charge in [-0.05, 0) is 48.4 Å². The normalized spacial score (nSPS) is 12.3. The van der Waals surface area contributed by atoms with Gasteiger partial charge in [-0.2, -0.15) is 0 Å². The number of nitrogens with zero attached hydrogens (tertiary/aromatic N) is 2. The highest BCUT2D eigenvalue weighted by molar-refractivity contribution is 8.04. The highest BCUT2D eigenvalue weighted by Crippen LogP contribution is 2.29. The Labute approximate surface area is 181 Å². The van der Waals surface area contributed by atoms with Crippen molar-refractivity contribution in [3.8, 4) is 0 Å². The van der Waals surface area contributed by atoms with Crippen molar-refractivity contribution < 1.29 is 16.8 Å². The molecule has 0 aliphatic carbocycles. The Bertz CT molecular complexity index is 1370. The number of fused-ring (bicyclic) bond motifs is 1. The van der Waals surface area contributed by atoms with Crippen molar-refractivity contribution in [2.24, 2.45) is 0 Å². The summed E-state index contributed by atoms with van der Waals surface area (Å²) in [5, 5.41) is 0.842. The molecule has 4 rings (SSSR count). The van der Waals surface area contributed by atoms with Crippen LogP contribution in [0.4, 0.5) is 0 Å². The van der Waals surface area contributed by atoms with E-state index in [-0.39, 0.29) is 16.3 Å². The van der Waals surface area contributed by atoms with Gasteiger partial charge in [-0.15, -0.1) is 0 Å². The van der Waals surface area contributed by atoms with Crippen LogP contribution < -0.4 is 0 Å². The Morgan fingerprint density at radius 2 is 1.26 bits per heavy atom. The molecule has 0 fully saturated rings. The van der Waals surface area contributed by atoms with Crippen molar-refractivity contribution in [3.63, 3.8) is 0 Å². The monoisotopic (exact) mass is 452 g/mol. The zero-order valence-corrected chi connectivity index (χ0v) is 18.3. The first kappa shape index (κ1) is 21.2. The maximum absolute atomic E-state index is 13.5. The maximum Gasteiger partial charge on any atom is 0.256 e.